The van der Waals surface area contributed by atoms with Crippen LogP contribution in [-0.2, 0) is 4.74 Å². The SMILES string of the molecule is CCCCC/C=C\C/C=C\CCCCCCC(C(O)(O)CC)C1(N)CCO1. The van der Waals surface area contributed by atoms with Crippen molar-refractivity contribution >= 4 is 0 Å². The minimum Gasteiger partial charge on any atom is -0.365 e. The van der Waals surface area contributed by atoms with Gasteiger partial charge in [-0.1, -0.05) is 70.3 Å². The molecule has 0 aliphatic carbocycles. The van der Waals surface area contributed by atoms with Crippen molar-refractivity contribution in [2.45, 2.75) is 109 Å². The monoisotopic (exact) mass is 381 g/mol. The molecule has 4 nitrogen and oxygen atoms in total. The number of hydrogen-bond acceptors (Lipinski definition) is 4. The van der Waals surface area contributed by atoms with Gasteiger partial charge in [-0.05, 0) is 44.9 Å². The van der Waals surface area contributed by atoms with Crippen LogP contribution in [0.1, 0.15) is 97.3 Å². The maximum absolute atomic E-state index is 10.3. The summed E-state index contributed by atoms with van der Waals surface area (Å²) in [4.78, 5) is 0. The highest BCUT2D eigenvalue weighted by atomic mass is 16.5. The predicted octanol–water partition coefficient (Wildman–Crippen LogP) is 5.19. The second kappa shape index (κ2) is 13.5. The van der Waals surface area contributed by atoms with Crippen LogP contribution < -0.4 is 5.73 Å². The van der Waals surface area contributed by atoms with E-state index in [1.807, 2.05) is 0 Å². The molecule has 0 radical (unpaired) electrons. The molecule has 1 aliphatic rings. The van der Waals surface area contributed by atoms with Crippen LogP contribution in [0.5, 0.6) is 0 Å². The Labute approximate surface area is 166 Å². The molecule has 4 N–H and O–H groups in total. The molecule has 0 spiro atoms. The fourth-order valence-corrected chi connectivity index (χ4v) is 3.71. The molecular weight excluding hydrogens is 338 g/mol. The molecule has 0 aromatic carbocycles. The fraction of sp³-hybridized carbons (Fsp3) is 0.826. The van der Waals surface area contributed by atoms with Gasteiger partial charge < -0.3 is 20.7 Å². The first-order valence-electron chi connectivity index (χ1n) is 11.1. The van der Waals surface area contributed by atoms with Gasteiger partial charge >= 0.3 is 0 Å². The van der Waals surface area contributed by atoms with E-state index in [9.17, 15) is 10.2 Å². The number of aliphatic hydroxyl groups is 2. The summed E-state index contributed by atoms with van der Waals surface area (Å²) < 4.78 is 5.48. The molecule has 27 heavy (non-hydrogen) atoms. The van der Waals surface area contributed by atoms with Crippen LogP contribution in [-0.4, -0.2) is 28.3 Å². The van der Waals surface area contributed by atoms with E-state index in [0.717, 1.165) is 25.7 Å². The smallest absolute Gasteiger partial charge is 0.169 e. The summed E-state index contributed by atoms with van der Waals surface area (Å²) in [5.74, 6) is -2.14. The molecule has 1 heterocycles. The number of nitrogens with two attached hydrogens (primary N) is 1. The molecule has 2 atom stereocenters. The normalized spacial score (nSPS) is 21.8. The lowest BCUT2D eigenvalue weighted by Crippen LogP contribution is -2.64. The van der Waals surface area contributed by atoms with Gasteiger partial charge in [-0.2, -0.15) is 0 Å². The van der Waals surface area contributed by atoms with E-state index in [2.05, 4.69) is 31.2 Å². The molecule has 0 aromatic heterocycles. The Bertz CT molecular complexity index is 416. The van der Waals surface area contributed by atoms with Gasteiger partial charge in [0.25, 0.3) is 0 Å². The summed E-state index contributed by atoms with van der Waals surface area (Å²) >= 11 is 0. The lowest BCUT2D eigenvalue weighted by molar-refractivity contribution is -0.287. The number of ether oxygens (including phenoxy) is 1. The van der Waals surface area contributed by atoms with Gasteiger partial charge in [0.1, 0.15) is 5.72 Å². The average molecular weight is 382 g/mol. The largest absolute Gasteiger partial charge is 0.365 e. The van der Waals surface area contributed by atoms with Crippen LogP contribution in [0.15, 0.2) is 24.3 Å². The molecule has 1 saturated heterocycles. The number of rotatable bonds is 16. The third kappa shape index (κ3) is 9.38. The van der Waals surface area contributed by atoms with Crippen molar-refractivity contribution in [3.63, 3.8) is 0 Å². The molecule has 0 bridgehead atoms. The van der Waals surface area contributed by atoms with Gasteiger partial charge in [0, 0.05) is 6.42 Å². The lowest BCUT2D eigenvalue weighted by atomic mass is 9.78. The topological polar surface area (TPSA) is 75.7 Å². The predicted molar refractivity (Wildman–Crippen MR) is 113 cm³/mol. The summed E-state index contributed by atoms with van der Waals surface area (Å²) in [6.45, 7) is 4.63. The standard InChI is InChI=1S/C23H43NO3/c1-3-5-6-7-8-9-10-11-12-13-14-15-16-17-18-21(23(25,26)4-2)22(24)19-20-27-22/h8-9,11-12,21,25-26H,3-7,10,13-20,24H2,1-2H3/b9-8-,12-11-. The molecule has 0 saturated carbocycles. The molecule has 1 aliphatic heterocycles. The summed E-state index contributed by atoms with van der Waals surface area (Å²) in [6.07, 6.45) is 22.5. The third-order valence-electron chi connectivity index (χ3n) is 5.73. The van der Waals surface area contributed by atoms with Crippen molar-refractivity contribution < 1.29 is 14.9 Å². The van der Waals surface area contributed by atoms with E-state index in [1.165, 1.54) is 38.5 Å². The maximum atomic E-state index is 10.3. The van der Waals surface area contributed by atoms with Crippen molar-refractivity contribution in [3.05, 3.63) is 24.3 Å². The molecule has 1 fully saturated rings. The Kier molecular flexibility index (Phi) is 12.2. The van der Waals surface area contributed by atoms with Crippen molar-refractivity contribution in [1.82, 2.24) is 0 Å². The number of allylic oxidation sites excluding steroid dienone is 4. The van der Waals surface area contributed by atoms with Crippen LogP contribution in [0.3, 0.4) is 0 Å². The van der Waals surface area contributed by atoms with Gasteiger partial charge in [0.15, 0.2) is 5.79 Å². The summed E-state index contributed by atoms with van der Waals surface area (Å²) in [7, 11) is 0. The quantitative estimate of drug-likeness (QED) is 0.195. The highest BCUT2D eigenvalue weighted by Gasteiger charge is 2.50. The van der Waals surface area contributed by atoms with Crippen molar-refractivity contribution in [1.29, 1.82) is 0 Å². The zero-order chi connectivity index (χ0) is 20.0. The molecule has 4 heteroatoms. The second-order valence-electron chi connectivity index (χ2n) is 8.00. The van der Waals surface area contributed by atoms with Crippen LogP contribution in [0.4, 0.5) is 0 Å². The van der Waals surface area contributed by atoms with Crippen LogP contribution in [0.25, 0.3) is 0 Å². The van der Waals surface area contributed by atoms with E-state index >= 15 is 0 Å². The molecule has 0 aromatic rings. The van der Waals surface area contributed by atoms with E-state index in [1.54, 1.807) is 6.92 Å². The van der Waals surface area contributed by atoms with E-state index < -0.39 is 17.4 Å². The van der Waals surface area contributed by atoms with Gasteiger partial charge in [-0.3, -0.25) is 0 Å². The Hall–Kier alpha value is -0.680. The Morgan fingerprint density at radius 1 is 0.963 bits per heavy atom. The minimum atomic E-state index is -1.73. The zero-order valence-corrected chi connectivity index (χ0v) is 17.7. The lowest BCUT2D eigenvalue weighted by Gasteiger charge is -2.48. The van der Waals surface area contributed by atoms with E-state index in [0.29, 0.717) is 19.4 Å². The zero-order valence-electron chi connectivity index (χ0n) is 17.7. The summed E-state index contributed by atoms with van der Waals surface area (Å²) in [6, 6.07) is 0. The van der Waals surface area contributed by atoms with Crippen LogP contribution in [0.2, 0.25) is 0 Å². The molecule has 0 amide bonds. The summed E-state index contributed by atoms with van der Waals surface area (Å²) in [5.41, 5.74) is 5.35. The average Bonchev–Trinajstić information content (AvgIpc) is 2.63. The fourth-order valence-electron chi connectivity index (χ4n) is 3.71. The Morgan fingerprint density at radius 2 is 1.56 bits per heavy atom. The van der Waals surface area contributed by atoms with Crippen LogP contribution in [0, 0.1) is 5.92 Å². The first-order valence-corrected chi connectivity index (χ1v) is 11.1. The van der Waals surface area contributed by atoms with Crippen LogP contribution >= 0.6 is 0 Å². The van der Waals surface area contributed by atoms with Crippen molar-refractivity contribution in [2.24, 2.45) is 11.7 Å². The van der Waals surface area contributed by atoms with Crippen molar-refractivity contribution in [2.75, 3.05) is 6.61 Å². The first-order chi connectivity index (χ1) is 13.0. The first kappa shape index (κ1) is 24.4. The second-order valence-corrected chi connectivity index (χ2v) is 8.00. The van der Waals surface area contributed by atoms with Crippen molar-refractivity contribution in [3.8, 4) is 0 Å². The number of unbranched alkanes of at least 4 members (excludes halogenated alkanes) is 7. The molecular formula is C23H43NO3. The van der Waals surface area contributed by atoms with Gasteiger partial charge in [0.2, 0.25) is 0 Å². The highest BCUT2D eigenvalue weighted by Crippen LogP contribution is 2.39. The van der Waals surface area contributed by atoms with E-state index in [-0.39, 0.29) is 6.42 Å². The Balaban J connectivity index is 2.09. The Morgan fingerprint density at radius 3 is 2.07 bits per heavy atom. The minimum absolute atomic E-state index is 0.276. The van der Waals surface area contributed by atoms with Gasteiger partial charge in [-0.25, -0.2) is 0 Å². The number of hydrogen-bond donors (Lipinski definition) is 3. The molecule has 2 unspecified atom stereocenters. The molecule has 1 rings (SSSR count). The maximum Gasteiger partial charge on any atom is 0.169 e. The van der Waals surface area contributed by atoms with Gasteiger partial charge in [0.05, 0.1) is 12.5 Å². The van der Waals surface area contributed by atoms with Gasteiger partial charge in [-0.15, -0.1) is 0 Å². The van der Waals surface area contributed by atoms with E-state index in [4.69, 9.17) is 10.5 Å². The summed E-state index contributed by atoms with van der Waals surface area (Å²) in [5, 5.41) is 20.5. The highest BCUT2D eigenvalue weighted by molar-refractivity contribution is 4.95. The third-order valence-corrected chi connectivity index (χ3v) is 5.73. The molecule has 158 valence electrons.